The standard InChI is InChI=1S/C11H11ClN2O/c1-14(11-10(12)7-13-15-11)8-9-5-3-2-4-6-9/h2-7H,8H2,1H3. The Labute approximate surface area is 93.2 Å². The van der Waals surface area contributed by atoms with E-state index in [0.717, 1.165) is 6.54 Å². The van der Waals surface area contributed by atoms with Gasteiger partial charge in [0.2, 0.25) is 5.88 Å². The van der Waals surface area contributed by atoms with E-state index < -0.39 is 0 Å². The lowest BCUT2D eigenvalue weighted by Gasteiger charge is -2.15. The van der Waals surface area contributed by atoms with Crippen LogP contribution in [0.3, 0.4) is 0 Å². The average Bonchev–Trinajstić information content (AvgIpc) is 2.66. The van der Waals surface area contributed by atoms with Gasteiger partial charge < -0.3 is 9.42 Å². The lowest BCUT2D eigenvalue weighted by Crippen LogP contribution is -2.15. The molecule has 2 rings (SSSR count). The maximum absolute atomic E-state index is 5.90. The van der Waals surface area contributed by atoms with E-state index in [-0.39, 0.29) is 0 Å². The van der Waals surface area contributed by atoms with Gasteiger partial charge in [-0.15, -0.1) is 0 Å². The second kappa shape index (κ2) is 4.36. The zero-order chi connectivity index (χ0) is 10.7. The summed E-state index contributed by atoms with van der Waals surface area (Å²) in [6.45, 7) is 0.746. The third-order valence-corrected chi connectivity index (χ3v) is 2.38. The Kier molecular flexibility index (Phi) is 2.92. The Morgan fingerprint density at radius 3 is 2.67 bits per heavy atom. The number of hydrogen-bond acceptors (Lipinski definition) is 3. The minimum absolute atomic E-state index is 0.536. The van der Waals surface area contributed by atoms with Crippen LogP contribution in [0.25, 0.3) is 0 Å². The summed E-state index contributed by atoms with van der Waals surface area (Å²) in [5.74, 6) is 0.598. The van der Waals surface area contributed by atoms with Crippen molar-refractivity contribution in [2.24, 2.45) is 0 Å². The quantitative estimate of drug-likeness (QED) is 0.800. The fraction of sp³-hybridized carbons (Fsp3) is 0.182. The zero-order valence-corrected chi connectivity index (χ0v) is 9.11. The van der Waals surface area contributed by atoms with Crippen LogP contribution < -0.4 is 4.90 Å². The molecule has 0 radical (unpaired) electrons. The van der Waals surface area contributed by atoms with Crippen molar-refractivity contribution in [1.29, 1.82) is 0 Å². The normalized spacial score (nSPS) is 10.3. The number of hydrogen-bond donors (Lipinski definition) is 0. The van der Waals surface area contributed by atoms with Crippen LogP contribution in [-0.4, -0.2) is 12.2 Å². The van der Waals surface area contributed by atoms with Crippen molar-refractivity contribution >= 4 is 17.5 Å². The van der Waals surface area contributed by atoms with Gasteiger partial charge in [-0.3, -0.25) is 0 Å². The summed E-state index contributed by atoms with van der Waals surface area (Å²) in [6.07, 6.45) is 1.50. The first-order chi connectivity index (χ1) is 7.27. The zero-order valence-electron chi connectivity index (χ0n) is 8.35. The molecule has 1 aromatic carbocycles. The van der Waals surface area contributed by atoms with Crippen molar-refractivity contribution in [3.8, 4) is 0 Å². The predicted octanol–water partition coefficient (Wildman–Crippen LogP) is 2.96. The molecule has 15 heavy (non-hydrogen) atoms. The molecular formula is C11H11ClN2O. The summed E-state index contributed by atoms with van der Waals surface area (Å²) < 4.78 is 5.04. The van der Waals surface area contributed by atoms with Gasteiger partial charge in [0, 0.05) is 13.6 Å². The van der Waals surface area contributed by atoms with E-state index in [1.807, 2.05) is 30.1 Å². The first-order valence-corrected chi connectivity index (χ1v) is 5.00. The fourth-order valence-electron chi connectivity index (χ4n) is 1.40. The number of halogens is 1. The van der Waals surface area contributed by atoms with E-state index in [4.69, 9.17) is 16.1 Å². The SMILES string of the molecule is CN(Cc1ccccc1)c1oncc1Cl. The topological polar surface area (TPSA) is 29.3 Å². The van der Waals surface area contributed by atoms with Crippen LogP contribution in [0, 0.1) is 0 Å². The Hall–Kier alpha value is -1.48. The molecule has 0 saturated heterocycles. The molecule has 0 bridgehead atoms. The molecule has 78 valence electrons. The molecule has 0 atom stereocenters. The molecule has 0 unspecified atom stereocenters. The number of aromatic nitrogens is 1. The Bertz CT molecular complexity index is 427. The maximum atomic E-state index is 5.90. The van der Waals surface area contributed by atoms with Crippen molar-refractivity contribution in [3.05, 3.63) is 47.1 Å². The summed E-state index contributed by atoms with van der Waals surface area (Å²) in [6, 6.07) is 10.1. The van der Waals surface area contributed by atoms with Crippen LogP contribution in [0.2, 0.25) is 5.02 Å². The van der Waals surface area contributed by atoms with Crippen LogP contribution in [0.5, 0.6) is 0 Å². The van der Waals surface area contributed by atoms with Crippen molar-refractivity contribution in [1.82, 2.24) is 5.16 Å². The van der Waals surface area contributed by atoms with Gasteiger partial charge in [0.1, 0.15) is 5.02 Å². The van der Waals surface area contributed by atoms with Gasteiger partial charge in [0.05, 0.1) is 6.20 Å². The molecule has 0 aliphatic heterocycles. The minimum atomic E-state index is 0.536. The van der Waals surface area contributed by atoms with Gasteiger partial charge >= 0.3 is 0 Å². The van der Waals surface area contributed by atoms with E-state index in [1.54, 1.807) is 0 Å². The second-order valence-electron chi connectivity index (χ2n) is 3.32. The largest absolute Gasteiger partial charge is 0.338 e. The van der Waals surface area contributed by atoms with Gasteiger partial charge in [0.15, 0.2) is 0 Å². The van der Waals surface area contributed by atoms with Crippen LogP contribution in [0.1, 0.15) is 5.56 Å². The van der Waals surface area contributed by atoms with E-state index in [1.165, 1.54) is 11.8 Å². The lowest BCUT2D eigenvalue weighted by atomic mass is 10.2. The minimum Gasteiger partial charge on any atom is -0.338 e. The number of benzene rings is 1. The molecule has 1 heterocycles. The van der Waals surface area contributed by atoms with Crippen LogP contribution >= 0.6 is 11.6 Å². The van der Waals surface area contributed by atoms with Crippen LogP contribution in [-0.2, 0) is 6.54 Å². The Morgan fingerprint density at radius 2 is 2.07 bits per heavy atom. The van der Waals surface area contributed by atoms with Crippen molar-refractivity contribution in [2.75, 3.05) is 11.9 Å². The molecule has 0 saturated carbocycles. The van der Waals surface area contributed by atoms with Crippen LogP contribution in [0.4, 0.5) is 5.88 Å². The van der Waals surface area contributed by atoms with Gasteiger partial charge in [-0.1, -0.05) is 47.1 Å². The molecule has 0 amide bonds. The van der Waals surface area contributed by atoms with Gasteiger partial charge in [-0.2, -0.15) is 0 Å². The molecule has 0 fully saturated rings. The van der Waals surface area contributed by atoms with E-state index in [9.17, 15) is 0 Å². The number of nitrogens with zero attached hydrogens (tertiary/aromatic N) is 2. The Morgan fingerprint density at radius 1 is 1.33 bits per heavy atom. The van der Waals surface area contributed by atoms with Gasteiger partial charge in [-0.25, -0.2) is 0 Å². The van der Waals surface area contributed by atoms with Gasteiger partial charge in [0.25, 0.3) is 0 Å². The van der Waals surface area contributed by atoms with E-state index in [2.05, 4.69) is 17.3 Å². The third-order valence-electron chi connectivity index (χ3n) is 2.12. The average molecular weight is 223 g/mol. The predicted molar refractivity (Wildman–Crippen MR) is 60.1 cm³/mol. The number of rotatable bonds is 3. The maximum Gasteiger partial charge on any atom is 0.246 e. The molecule has 0 spiro atoms. The third kappa shape index (κ3) is 2.30. The molecule has 0 aliphatic rings. The first kappa shape index (κ1) is 10.1. The molecular weight excluding hydrogens is 212 g/mol. The lowest BCUT2D eigenvalue weighted by molar-refractivity contribution is 0.419. The number of anilines is 1. The summed E-state index contributed by atoms with van der Waals surface area (Å²) in [7, 11) is 1.92. The molecule has 3 nitrogen and oxygen atoms in total. The summed E-state index contributed by atoms with van der Waals surface area (Å²) in [5.41, 5.74) is 1.20. The monoisotopic (exact) mass is 222 g/mol. The highest BCUT2D eigenvalue weighted by Gasteiger charge is 2.10. The summed E-state index contributed by atoms with van der Waals surface area (Å²) in [5, 5.41) is 4.17. The molecule has 0 N–H and O–H groups in total. The summed E-state index contributed by atoms with van der Waals surface area (Å²) in [4.78, 5) is 1.92. The highest BCUT2D eigenvalue weighted by atomic mass is 35.5. The van der Waals surface area contributed by atoms with Crippen LogP contribution in [0.15, 0.2) is 41.1 Å². The van der Waals surface area contributed by atoms with E-state index >= 15 is 0 Å². The molecule has 4 heteroatoms. The molecule has 2 aromatic rings. The van der Waals surface area contributed by atoms with Crippen molar-refractivity contribution in [3.63, 3.8) is 0 Å². The highest BCUT2D eigenvalue weighted by molar-refractivity contribution is 6.32. The van der Waals surface area contributed by atoms with Crippen molar-refractivity contribution in [2.45, 2.75) is 6.54 Å². The van der Waals surface area contributed by atoms with Crippen molar-refractivity contribution < 1.29 is 4.52 Å². The fourth-order valence-corrected chi connectivity index (χ4v) is 1.62. The summed E-state index contributed by atoms with van der Waals surface area (Å²) >= 11 is 5.90. The smallest absolute Gasteiger partial charge is 0.246 e. The highest BCUT2D eigenvalue weighted by Crippen LogP contribution is 2.24. The Balaban J connectivity index is 2.11. The molecule has 0 aliphatic carbocycles. The van der Waals surface area contributed by atoms with E-state index in [0.29, 0.717) is 10.9 Å². The first-order valence-electron chi connectivity index (χ1n) is 4.62. The van der Waals surface area contributed by atoms with Gasteiger partial charge in [-0.05, 0) is 5.56 Å². The second-order valence-corrected chi connectivity index (χ2v) is 3.73. The molecule has 1 aromatic heterocycles.